The number of allylic oxidation sites excluding steroid dienone is 5. The summed E-state index contributed by atoms with van der Waals surface area (Å²) in [7, 11) is 0. The SMILES string of the molecule is C=C1/C(=C\C=C2/CCCC3(C)C(CCCCC(C)(C)C)CCC23)CCCC1CC. The number of hydrogen-bond acceptors (Lipinski definition) is 0. The molecule has 0 amide bonds. The van der Waals surface area contributed by atoms with Crippen molar-refractivity contribution in [2.75, 3.05) is 0 Å². The van der Waals surface area contributed by atoms with E-state index < -0.39 is 0 Å². The molecule has 4 atom stereocenters. The molecule has 0 saturated heterocycles. The van der Waals surface area contributed by atoms with Crippen LogP contribution in [0.4, 0.5) is 0 Å². The second kappa shape index (κ2) is 9.57. The zero-order valence-corrected chi connectivity index (χ0v) is 20.3. The molecule has 0 aromatic heterocycles. The highest BCUT2D eigenvalue weighted by atomic mass is 14.5. The average Bonchev–Trinajstić information content (AvgIpc) is 3.00. The molecule has 3 aliphatic carbocycles. The van der Waals surface area contributed by atoms with Gasteiger partial charge in [-0.3, -0.25) is 0 Å². The molecule has 29 heavy (non-hydrogen) atoms. The molecule has 0 heteroatoms. The molecular weight excluding hydrogens is 348 g/mol. The maximum atomic E-state index is 4.47. The molecule has 3 rings (SSSR count). The van der Waals surface area contributed by atoms with Crippen LogP contribution in [0.2, 0.25) is 0 Å². The Morgan fingerprint density at radius 3 is 2.55 bits per heavy atom. The van der Waals surface area contributed by atoms with Crippen LogP contribution in [-0.2, 0) is 0 Å². The Bertz CT molecular complexity index is 625. The van der Waals surface area contributed by atoms with Crippen LogP contribution in [0.3, 0.4) is 0 Å². The summed E-state index contributed by atoms with van der Waals surface area (Å²) in [5.41, 5.74) is 5.84. The van der Waals surface area contributed by atoms with Crippen molar-refractivity contribution in [1.29, 1.82) is 0 Å². The van der Waals surface area contributed by atoms with Gasteiger partial charge in [0.15, 0.2) is 0 Å². The first-order valence-electron chi connectivity index (χ1n) is 12.8. The molecule has 0 nitrogen and oxygen atoms in total. The van der Waals surface area contributed by atoms with E-state index in [1.807, 2.05) is 0 Å². The maximum Gasteiger partial charge on any atom is -0.0143 e. The Balaban J connectivity index is 1.64. The molecule has 0 heterocycles. The molecular formula is C29H48. The molecule has 0 N–H and O–H groups in total. The minimum absolute atomic E-state index is 0.496. The minimum Gasteiger partial charge on any atom is -0.0953 e. The van der Waals surface area contributed by atoms with E-state index >= 15 is 0 Å². The third kappa shape index (κ3) is 5.48. The van der Waals surface area contributed by atoms with E-state index in [1.165, 1.54) is 89.0 Å². The molecule has 4 unspecified atom stereocenters. The van der Waals surface area contributed by atoms with Gasteiger partial charge in [0, 0.05) is 0 Å². The topological polar surface area (TPSA) is 0 Å². The summed E-state index contributed by atoms with van der Waals surface area (Å²) in [4.78, 5) is 0. The maximum absolute atomic E-state index is 4.47. The second-order valence-corrected chi connectivity index (χ2v) is 11.9. The molecule has 3 fully saturated rings. The van der Waals surface area contributed by atoms with Gasteiger partial charge in [0.2, 0.25) is 0 Å². The summed E-state index contributed by atoms with van der Waals surface area (Å²) in [5.74, 6) is 2.53. The van der Waals surface area contributed by atoms with Crippen molar-refractivity contribution in [2.45, 2.75) is 118 Å². The van der Waals surface area contributed by atoms with Crippen LogP contribution < -0.4 is 0 Å². The zero-order valence-electron chi connectivity index (χ0n) is 20.3. The summed E-state index contributed by atoms with van der Waals surface area (Å²) in [6, 6.07) is 0. The van der Waals surface area contributed by atoms with Gasteiger partial charge in [-0.2, -0.15) is 0 Å². The van der Waals surface area contributed by atoms with Crippen molar-refractivity contribution in [1.82, 2.24) is 0 Å². The Morgan fingerprint density at radius 2 is 1.83 bits per heavy atom. The summed E-state index contributed by atoms with van der Waals surface area (Å²) in [5, 5.41) is 0. The van der Waals surface area contributed by atoms with Crippen LogP contribution in [0.1, 0.15) is 118 Å². The van der Waals surface area contributed by atoms with Crippen LogP contribution in [0.5, 0.6) is 0 Å². The van der Waals surface area contributed by atoms with Crippen molar-refractivity contribution >= 4 is 0 Å². The monoisotopic (exact) mass is 396 g/mol. The van der Waals surface area contributed by atoms with E-state index in [1.54, 1.807) is 11.1 Å². The van der Waals surface area contributed by atoms with Crippen molar-refractivity contribution in [3.05, 3.63) is 35.5 Å². The van der Waals surface area contributed by atoms with Crippen molar-refractivity contribution in [3.8, 4) is 0 Å². The van der Waals surface area contributed by atoms with Crippen molar-refractivity contribution < 1.29 is 0 Å². The van der Waals surface area contributed by atoms with Crippen LogP contribution in [-0.4, -0.2) is 0 Å². The van der Waals surface area contributed by atoms with E-state index in [0.717, 1.165) is 17.8 Å². The summed E-state index contributed by atoms with van der Waals surface area (Å²) < 4.78 is 0. The average molecular weight is 397 g/mol. The Labute approximate surface area is 182 Å². The van der Waals surface area contributed by atoms with Gasteiger partial charge in [-0.25, -0.2) is 0 Å². The number of hydrogen-bond donors (Lipinski definition) is 0. The molecule has 0 aromatic rings. The standard InChI is InChI=1S/C29H48/c1-7-23-12-10-13-24(22(23)2)16-17-25-14-11-21-29(6)26(18-19-27(25)29)15-8-9-20-28(3,4)5/h16-17,23,26-27H,2,7-15,18-21H2,1,3-6H3/b24-16-,25-17+. The third-order valence-electron chi connectivity index (χ3n) is 8.79. The van der Waals surface area contributed by atoms with Gasteiger partial charge in [-0.05, 0) is 110 Å². The van der Waals surface area contributed by atoms with Crippen LogP contribution in [0.25, 0.3) is 0 Å². The van der Waals surface area contributed by atoms with E-state index in [9.17, 15) is 0 Å². The molecule has 0 bridgehead atoms. The first kappa shape index (κ1) is 22.9. The van der Waals surface area contributed by atoms with Crippen LogP contribution in [0, 0.1) is 28.6 Å². The lowest BCUT2D eigenvalue weighted by atomic mass is 9.62. The highest BCUT2D eigenvalue weighted by Crippen LogP contribution is 2.58. The lowest BCUT2D eigenvalue weighted by molar-refractivity contribution is 0.126. The smallest absolute Gasteiger partial charge is 0.0143 e. The lowest BCUT2D eigenvalue weighted by Crippen LogP contribution is -2.33. The number of rotatable bonds is 6. The van der Waals surface area contributed by atoms with Gasteiger partial charge >= 0.3 is 0 Å². The summed E-state index contributed by atoms with van der Waals surface area (Å²) >= 11 is 0. The van der Waals surface area contributed by atoms with E-state index in [2.05, 4.69) is 53.3 Å². The molecule has 0 aliphatic heterocycles. The first-order valence-corrected chi connectivity index (χ1v) is 12.8. The van der Waals surface area contributed by atoms with Crippen molar-refractivity contribution in [3.63, 3.8) is 0 Å². The molecule has 164 valence electrons. The van der Waals surface area contributed by atoms with Crippen LogP contribution >= 0.6 is 0 Å². The molecule has 0 spiro atoms. The molecule has 0 radical (unpaired) electrons. The Hall–Kier alpha value is -0.780. The molecule has 3 saturated carbocycles. The predicted molar refractivity (Wildman–Crippen MR) is 129 cm³/mol. The minimum atomic E-state index is 0.496. The number of unbranched alkanes of at least 4 members (excludes halogenated alkanes) is 1. The Morgan fingerprint density at radius 1 is 1.03 bits per heavy atom. The molecule has 3 aliphatic rings. The van der Waals surface area contributed by atoms with Gasteiger partial charge in [-0.1, -0.05) is 71.8 Å². The van der Waals surface area contributed by atoms with E-state index in [0.29, 0.717) is 10.8 Å². The van der Waals surface area contributed by atoms with Gasteiger partial charge in [0.05, 0.1) is 0 Å². The molecule has 0 aromatic carbocycles. The Kier molecular flexibility index (Phi) is 7.56. The van der Waals surface area contributed by atoms with Gasteiger partial charge < -0.3 is 0 Å². The van der Waals surface area contributed by atoms with Gasteiger partial charge in [0.25, 0.3) is 0 Å². The number of fused-ring (bicyclic) bond motifs is 1. The highest BCUT2D eigenvalue weighted by molar-refractivity contribution is 5.37. The quantitative estimate of drug-likeness (QED) is 0.392. The predicted octanol–water partition coefficient (Wildman–Crippen LogP) is 9.43. The van der Waals surface area contributed by atoms with Crippen molar-refractivity contribution in [2.24, 2.45) is 28.6 Å². The lowest BCUT2D eigenvalue weighted by Gasteiger charge is -2.42. The fraction of sp³-hybridized carbons (Fsp3) is 0.793. The van der Waals surface area contributed by atoms with E-state index in [-0.39, 0.29) is 0 Å². The fourth-order valence-electron chi connectivity index (χ4n) is 6.85. The largest absolute Gasteiger partial charge is 0.0953 e. The second-order valence-electron chi connectivity index (χ2n) is 11.9. The van der Waals surface area contributed by atoms with E-state index in [4.69, 9.17) is 0 Å². The third-order valence-corrected chi connectivity index (χ3v) is 8.79. The zero-order chi connectivity index (χ0) is 21.1. The first-order chi connectivity index (χ1) is 13.7. The summed E-state index contributed by atoms with van der Waals surface area (Å²) in [6.45, 7) is 16.6. The normalized spacial score (nSPS) is 36.0. The highest BCUT2D eigenvalue weighted by Gasteiger charge is 2.48. The van der Waals surface area contributed by atoms with Crippen LogP contribution in [0.15, 0.2) is 35.5 Å². The van der Waals surface area contributed by atoms with Gasteiger partial charge in [-0.15, -0.1) is 0 Å². The van der Waals surface area contributed by atoms with Gasteiger partial charge in [0.1, 0.15) is 0 Å². The summed E-state index contributed by atoms with van der Waals surface area (Å²) in [6.07, 6.45) is 23.0. The fourth-order valence-corrected chi connectivity index (χ4v) is 6.85.